The van der Waals surface area contributed by atoms with E-state index in [0.717, 1.165) is 6.20 Å². The largest absolute Gasteiger partial charge is 0.479 e. The minimum absolute atomic E-state index is 0.0684. The van der Waals surface area contributed by atoms with Crippen molar-refractivity contribution in [2.24, 2.45) is 0 Å². The van der Waals surface area contributed by atoms with E-state index in [4.69, 9.17) is 4.74 Å². The van der Waals surface area contributed by atoms with Gasteiger partial charge in [-0.25, -0.2) is 13.8 Å². The summed E-state index contributed by atoms with van der Waals surface area (Å²) >= 11 is 0. The van der Waals surface area contributed by atoms with Crippen molar-refractivity contribution in [3.8, 4) is 22.8 Å². The number of benzene rings is 1. The fraction of sp³-hybridized carbons (Fsp3) is 0.158. The number of nitrogens with one attached hydrogen (secondary N) is 1. The second kappa shape index (κ2) is 7.25. The molecule has 154 valence electrons. The molecule has 0 fully saturated rings. The van der Waals surface area contributed by atoms with Gasteiger partial charge in [-0.3, -0.25) is 14.8 Å². The highest BCUT2D eigenvalue weighted by atomic mass is 19.3. The number of halogens is 4. The molecule has 1 aliphatic rings. The van der Waals surface area contributed by atoms with E-state index < -0.39 is 35.8 Å². The molecule has 2 aromatic heterocycles. The first-order valence-corrected chi connectivity index (χ1v) is 8.50. The summed E-state index contributed by atoms with van der Waals surface area (Å²) in [5.41, 5.74) is 0.604. The van der Waals surface area contributed by atoms with Crippen LogP contribution in [0.4, 0.5) is 23.4 Å². The number of anilines is 1. The van der Waals surface area contributed by atoms with Gasteiger partial charge in [-0.15, -0.1) is 0 Å². The molecular weight excluding hydrogens is 408 g/mol. The molecule has 0 saturated heterocycles. The summed E-state index contributed by atoms with van der Waals surface area (Å²) in [6.07, 6.45) is 0.402. The highest BCUT2D eigenvalue weighted by molar-refractivity contribution is 6.04. The Morgan fingerprint density at radius 2 is 1.80 bits per heavy atom. The molecule has 1 aromatic carbocycles. The number of amides is 1. The summed E-state index contributed by atoms with van der Waals surface area (Å²) in [5.74, 6) is -3.34. The number of nitrogens with zero attached hydrogens (tertiary/aromatic N) is 3. The molecule has 0 atom stereocenters. The number of hydrogen-bond acceptors (Lipinski definition) is 6. The van der Waals surface area contributed by atoms with Crippen LogP contribution >= 0.6 is 0 Å². The number of carbonyl (C=O) groups excluding carboxylic acids is 1. The van der Waals surface area contributed by atoms with Crippen LogP contribution in [0, 0.1) is 18.6 Å². The quantitative estimate of drug-likeness (QED) is 0.650. The maximum Gasteiger partial charge on any atom is 0.433 e. The van der Waals surface area contributed by atoms with Crippen molar-refractivity contribution < 1.29 is 31.8 Å². The van der Waals surface area contributed by atoms with E-state index in [0.29, 0.717) is 29.2 Å². The lowest BCUT2D eigenvalue weighted by atomic mass is 10.0. The highest BCUT2D eigenvalue weighted by Crippen LogP contribution is 2.40. The number of pyridine rings is 1. The monoisotopic (exact) mass is 420 g/mol. The number of rotatable bonds is 3. The fourth-order valence-electron chi connectivity index (χ4n) is 2.82. The van der Waals surface area contributed by atoms with Crippen LogP contribution in [0.3, 0.4) is 0 Å². The topological polar surface area (TPSA) is 86.2 Å². The molecule has 11 heteroatoms. The third-order valence-corrected chi connectivity index (χ3v) is 4.20. The number of carbonyl (C=O) groups is 1. The molecule has 30 heavy (non-hydrogen) atoms. The van der Waals surface area contributed by atoms with Crippen molar-refractivity contribution in [3.05, 3.63) is 59.7 Å². The van der Waals surface area contributed by atoms with Crippen molar-refractivity contribution in [2.75, 3.05) is 11.9 Å². The molecule has 0 unspecified atom stereocenters. The minimum Gasteiger partial charge on any atom is -0.479 e. The molecule has 0 aliphatic carbocycles. The lowest BCUT2D eigenvalue weighted by Crippen LogP contribution is -2.36. The standard InChI is InChI=1S/C19H12F4N4O3/c1-9-2-14-15(30-19(22,23)8-29-14)3-10(9)13-6-26-16(7-25-13)27-18(28)17-11(20)4-24-5-12(17)21/h2-7H,8H2,1H3,(H,26,27,28). The minimum atomic E-state index is -3.45. The summed E-state index contributed by atoms with van der Waals surface area (Å²) in [5, 5.41) is 2.23. The van der Waals surface area contributed by atoms with Gasteiger partial charge in [0.15, 0.2) is 35.6 Å². The first-order valence-electron chi connectivity index (χ1n) is 8.50. The van der Waals surface area contributed by atoms with Crippen LogP contribution in [-0.2, 0) is 0 Å². The van der Waals surface area contributed by atoms with Gasteiger partial charge in [0.1, 0.15) is 5.56 Å². The predicted molar refractivity (Wildman–Crippen MR) is 95.4 cm³/mol. The molecule has 0 bridgehead atoms. The molecule has 0 saturated carbocycles. The van der Waals surface area contributed by atoms with Crippen molar-refractivity contribution in [1.82, 2.24) is 15.0 Å². The maximum atomic E-state index is 13.7. The SMILES string of the molecule is Cc1cc2c(cc1-c1cnc(NC(=O)c3c(F)cncc3F)cn1)OC(F)(F)CO2. The predicted octanol–water partition coefficient (Wildman–Crippen LogP) is 3.74. The van der Waals surface area contributed by atoms with Gasteiger partial charge in [0.2, 0.25) is 0 Å². The van der Waals surface area contributed by atoms with Crippen LogP contribution in [0.1, 0.15) is 15.9 Å². The number of alkyl halides is 2. The van der Waals surface area contributed by atoms with Crippen LogP contribution in [0.15, 0.2) is 36.9 Å². The Morgan fingerprint density at radius 3 is 2.47 bits per heavy atom. The maximum absolute atomic E-state index is 13.7. The third kappa shape index (κ3) is 3.73. The van der Waals surface area contributed by atoms with Crippen LogP contribution in [0.2, 0.25) is 0 Å². The summed E-state index contributed by atoms with van der Waals surface area (Å²) in [6.45, 7) is 0.837. The summed E-state index contributed by atoms with van der Waals surface area (Å²) < 4.78 is 63.8. The molecule has 1 aliphatic heterocycles. The van der Waals surface area contributed by atoms with E-state index in [1.165, 1.54) is 18.3 Å². The van der Waals surface area contributed by atoms with Gasteiger partial charge >= 0.3 is 6.11 Å². The van der Waals surface area contributed by atoms with Crippen molar-refractivity contribution >= 4 is 11.7 Å². The van der Waals surface area contributed by atoms with E-state index in [2.05, 4.69) is 25.0 Å². The van der Waals surface area contributed by atoms with Gasteiger partial charge in [-0.1, -0.05) is 0 Å². The number of ether oxygens (including phenoxy) is 2. The first-order chi connectivity index (χ1) is 14.2. The van der Waals surface area contributed by atoms with Crippen LogP contribution in [-0.4, -0.2) is 33.6 Å². The van der Waals surface area contributed by atoms with Gasteiger partial charge in [0.25, 0.3) is 5.91 Å². The number of hydrogen-bond donors (Lipinski definition) is 1. The van der Waals surface area contributed by atoms with Gasteiger partial charge in [-0.05, 0) is 24.6 Å². The van der Waals surface area contributed by atoms with Gasteiger partial charge in [0.05, 0.1) is 30.5 Å². The normalized spacial score (nSPS) is 14.3. The fourth-order valence-corrected chi connectivity index (χ4v) is 2.82. The Morgan fingerprint density at radius 1 is 1.07 bits per heavy atom. The molecule has 0 radical (unpaired) electrons. The molecule has 1 amide bonds. The van der Waals surface area contributed by atoms with Gasteiger partial charge in [-0.2, -0.15) is 8.78 Å². The molecular formula is C19H12F4N4O3. The highest BCUT2D eigenvalue weighted by Gasteiger charge is 2.38. The second-order valence-corrected chi connectivity index (χ2v) is 6.36. The summed E-state index contributed by atoms with van der Waals surface area (Å²) in [6, 6.07) is 2.88. The Bertz CT molecular complexity index is 1120. The van der Waals surface area contributed by atoms with Crippen LogP contribution < -0.4 is 14.8 Å². The van der Waals surface area contributed by atoms with E-state index in [1.54, 1.807) is 6.92 Å². The number of aryl methyl sites for hydroxylation is 1. The molecule has 0 spiro atoms. The molecule has 4 rings (SSSR count). The lowest BCUT2D eigenvalue weighted by molar-refractivity contribution is -0.208. The Hall–Kier alpha value is -3.76. The summed E-state index contributed by atoms with van der Waals surface area (Å²) in [4.78, 5) is 23.5. The average molecular weight is 420 g/mol. The van der Waals surface area contributed by atoms with Crippen LogP contribution in [0.25, 0.3) is 11.3 Å². The van der Waals surface area contributed by atoms with E-state index >= 15 is 0 Å². The molecule has 3 aromatic rings. The zero-order valence-electron chi connectivity index (χ0n) is 15.2. The lowest BCUT2D eigenvalue weighted by Gasteiger charge is -2.26. The van der Waals surface area contributed by atoms with Crippen molar-refractivity contribution in [3.63, 3.8) is 0 Å². The number of aromatic nitrogens is 3. The smallest absolute Gasteiger partial charge is 0.433 e. The van der Waals surface area contributed by atoms with E-state index in [-0.39, 0.29) is 17.3 Å². The van der Waals surface area contributed by atoms with Gasteiger partial charge in [0, 0.05) is 5.56 Å². The van der Waals surface area contributed by atoms with Gasteiger partial charge < -0.3 is 14.8 Å². The molecule has 1 N–H and O–H groups in total. The first kappa shape index (κ1) is 19.6. The van der Waals surface area contributed by atoms with E-state index in [9.17, 15) is 22.4 Å². The molecule has 3 heterocycles. The third-order valence-electron chi connectivity index (χ3n) is 4.20. The average Bonchev–Trinajstić information content (AvgIpc) is 2.68. The Labute approximate surface area is 166 Å². The van der Waals surface area contributed by atoms with Crippen molar-refractivity contribution in [2.45, 2.75) is 13.0 Å². The van der Waals surface area contributed by atoms with Crippen molar-refractivity contribution in [1.29, 1.82) is 0 Å². The Balaban J connectivity index is 1.58. The molecule has 7 nitrogen and oxygen atoms in total. The Kier molecular flexibility index (Phi) is 4.72. The van der Waals surface area contributed by atoms with E-state index in [1.807, 2.05) is 0 Å². The number of fused-ring (bicyclic) bond motifs is 1. The zero-order valence-corrected chi connectivity index (χ0v) is 15.2. The summed E-state index contributed by atoms with van der Waals surface area (Å²) in [7, 11) is 0. The van der Waals surface area contributed by atoms with Crippen LogP contribution in [0.5, 0.6) is 11.5 Å². The second-order valence-electron chi connectivity index (χ2n) is 6.36. The zero-order chi connectivity index (χ0) is 21.5.